The molecule has 2 aromatic carbocycles. The lowest BCUT2D eigenvalue weighted by Crippen LogP contribution is -2.09. The first-order valence-corrected chi connectivity index (χ1v) is 12.2. The van der Waals surface area contributed by atoms with Crippen molar-refractivity contribution in [1.29, 1.82) is 0 Å². The van der Waals surface area contributed by atoms with Gasteiger partial charge in [-0.05, 0) is 61.2 Å². The number of rotatable bonds is 11. The van der Waals surface area contributed by atoms with E-state index in [0.717, 1.165) is 12.8 Å². The van der Waals surface area contributed by atoms with E-state index in [1.54, 1.807) is 18.2 Å². The molecule has 0 bridgehead atoms. The van der Waals surface area contributed by atoms with Crippen molar-refractivity contribution in [1.82, 2.24) is 4.98 Å². The second kappa shape index (κ2) is 12.3. The van der Waals surface area contributed by atoms with E-state index in [0.29, 0.717) is 35.2 Å². The second-order valence-corrected chi connectivity index (χ2v) is 9.09. The average molecular weight is 566 g/mol. The van der Waals surface area contributed by atoms with Gasteiger partial charge in [0.2, 0.25) is 0 Å². The summed E-state index contributed by atoms with van der Waals surface area (Å²) in [6.45, 7) is -2.72. The van der Waals surface area contributed by atoms with Crippen LogP contribution in [0.4, 0.5) is 8.78 Å². The zero-order valence-corrected chi connectivity index (χ0v) is 21.9. The maximum absolute atomic E-state index is 13.3. The number of hydrogen-bond donors (Lipinski definition) is 0. The number of alkyl halides is 2. The molecule has 200 valence electrons. The Morgan fingerprint density at radius 1 is 0.974 bits per heavy atom. The Bertz CT molecular complexity index is 1330. The van der Waals surface area contributed by atoms with Crippen molar-refractivity contribution < 1.29 is 37.3 Å². The minimum absolute atomic E-state index is 0.0171. The number of esters is 1. The van der Waals surface area contributed by atoms with Crippen LogP contribution in [0.2, 0.25) is 10.0 Å². The molecule has 7 nitrogen and oxygen atoms in total. The molecule has 0 saturated heterocycles. The first-order chi connectivity index (χ1) is 18.3. The van der Waals surface area contributed by atoms with E-state index in [2.05, 4.69) is 9.72 Å². The summed E-state index contributed by atoms with van der Waals surface area (Å²) in [6, 6.07) is 8.77. The van der Waals surface area contributed by atoms with Gasteiger partial charge < -0.3 is 23.7 Å². The van der Waals surface area contributed by atoms with Crippen molar-refractivity contribution in [2.75, 3.05) is 20.8 Å². The normalized spacial score (nSPS) is 13.3. The number of ether oxygens (including phenoxy) is 5. The third kappa shape index (κ3) is 6.85. The van der Waals surface area contributed by atoms with Crippen molar-refractivity contribution >= 4 is 41.0 Å². The number of pyridine rings is 1. The van der Waals surface area contributed by atoms with Crippen LogP contribution in [0, 0.1) is 5.92 Å². The molecule has 1 aliphatic rings. The highest BCUT2D eigenvalue weighted by molar-refractivity contribution is 6.37. The van der Waals surface area contributed by atoms with Crippen molar-refractivity contribution in [3.05, 3.63) is 75.5 Å². The van der Waals surface area contributed by atoms with Gasteiger partial charge in [0.05, 0.1) is 36.4 Å². The number of benzene rings is 2. The lowest BCUT2D eigenvalue weighted by atomic mass is 10.1. The lowest BCUT2D eigenvalue weighted by molar-refractivity contribution is -0.0515. The smallest absolute Gasteiger partial charge is 0.387 e. The zero-order chi connectivity index (χ0) is 27.2. The van der Waals surface area contributed by atoms with E-state index < -0.39 is 12.6 Å². The van der Waals surface area contributed by atoms with E-state index in [4.69, 9.17) is 42.1 Å². The van der Waals surface area contributed by atoms with Crippen LogP contribution in [0.1, 0.15) is 34.3 Å². The van der Waals surface area contributed by atoms with Gasteiger partial charge >= 0.3 is 12.6 Å². The van der Waals surface area contributed by atoms with Crippen LogP contribution < -0.4 is 18.9 Å². The summed E-state index contributed by atoms with van der Waals surface area (Å²) in [5.74, 6) is 0.342. The molecular formula is C27H23Cl2F2NO6. The fourth-order valence-corrected chi connectivity index (χ4v) is 3.92. The van der Waals surface area contributed by atoms with Crippen LogP contribution in [0.25, 0.3) is 11.8 Å². The summed E-state index contributed by atoms with van der Waals surface area (Å²) in [5, 5.41) is 0.464. The molecule has 11 heteroatoms. The molecule has 38 heavy (non-hydrogen) atoms. The van der Waals surface area contributed by atoms with Crippen molar-refractivity contribution in [3.8, 4) is 23.0 Å². The summed E-state index contributed by atoms with van der Waals surface area (Å²) in [5.41, 5.74) is 0.869. The van der Waals surface area contributed by atoms with Crippen LogP contribution in [-0.4, -0.2) is 38.4 Å². The highest BCUT2D eigenvalue weighted by Gasteiger charge is 2.24. The Kier molecular flexibility index (Phi) is 8.91. The van der Waals surface area contributed by atoms with Gasteiger partial charge in [-0.2, -0.15) is 8.78 Å². The topological polar surface area (TPSA) is 76.1 Å². The molecule has 1 fully saturated rings. The van der Waals surface area contributed by atoms with Gasteiger partial charge in [0.25, 0.3) is 0 Å². The Morgan fingerprint density at radius 3 is 2.24 bits per heavy atom. The fraction of sp³-hybridized carbons (Fsp3) is 0.259. The van der Waals surface area contributed by atoms with Crippen molar-refractivity contribution in [2.45, 2.75) is 19.5 Å². The summed E-state index contributed by atoms with van der Waals surface area (Å²) in [4.78, 5) is 17.2. The predicted octanol–water partition coefficient (Wildman–Crippen LogP) is 7.15. The molecule has 0 N–H and O–H groups in total. The van der Waals surface area contributed by atoms with E-state index in [-0.39, 0.29) is 32.9 Å². The molecule has 0 amide bonds. The maximum Gasteiger partial charge on any atom is 0.387 e. The van der Waals surface area contributed by atoms with E-state index in [9.17, 15) is 13.6 Å². The quantitative estimate of drug-likeness (QED) is 0.180. The van der Waals surface area contributed by atoms with Crippen molar-refractivity contribution in [2.24, 2.45) is 5.92 Å². The Balaban J connectivity index is 1.70. The minimum Gasteiger partial charge on any atom is -0.493 e. The second-order valence-electron chi connectivity index (χ2n) is 8.28. The Labute approximate surface area is 227 Å². The first-order valence-electron chi connectivity index (χ1n) is 11.5. The zero-order valence-electron chi connectivity index (χ0n) is 20.4. The number of methoxy groups -OCH3 is 2. The minimum atomic E-state index is -3.05. The van der Waals surface area contributed by atoms with Crippen LogP contribution in [0.15, 0.2) is 48.8 Å². The molecule has 0 aliphatic heterocycles. The third-order valence-corrected chi connectivity index (χ3v) is 6.21. The standard InChI is InChI=1S/C27H23Cl2F2NO6/c1-34-21-7-5-16(9-24(21)35-2)23(11-18-19(28)12-32-13-20(18)29)37-26(33)17-6-8-22(38-27(30)31)25(10-17)36-14-15-3-4-15/h5-13,15,27H,3-4,14H2,1-2H3/b23-11-. The number of carbonyl (C=O) groups excluding carboxylic acids is 1. The van der Waals surface area contributed by atoms with Gasteiger partial charge in [-0.15, -0.1) is 0 Å². The molecule has 0 unspecified atom stereocenters. The highest BCUT2D eigenvalue weighted by atomic mass is 35.5. The summed E-state index contributed by atoms with van der Waals surface area (Å²) < 4.78 is 52.5. The average Bonchev–Trinajstić information content (AvgIpc) is 3.73. The Hall–Kier alpha value is -3.56. The van der Waals surface area contributed by atoms with E-state index >= 15 is 0 Å². The summed E-state index contributed by atoms with van der Waals surface area (Å²) in [6.07, 6.45) is 6.28. The molecule has 0 radical (unpaired) electrons. The van der Waals surface area contributed by atoms with Gasteiger partial charge in [0.15, 0.2) is 23.0 Å². The summed E-state index contributed by atoms with van der Waals surface area (Å²) in [7, 11) is 2.97. The third-order valence-electron chi connectivity index (χ3n) is 5.60. The van der Waals surface area contributed by atoms with Crippen LogP contribution in [0.3, 0.4) is 0 Å². The number of hydrogen-bond acceptors (Lipinski definition) is 7. The molecule has 0 atom stereocenters. The van der Waals surface area contributed by atoms with Crippen LogP contribution in [0.5, 0.6) is 23.0 Å². The predicted molar refractivity (Wildman–Crippen MR) is 138 cm³/mol. The van der Waals surface area contributed by atoms with Gasteiger partial charge in [0, 0.05) is 23.5 Å². The van der Waals surface area contributed by atoms with Crippen molar-refractivity contribution in [3.63, 3.8) is 0 Å². The highest BCUT2D eigenvalue weighted by Crippen LogP contribution is 2.36. The molecular weight excluding hydrogens is 543 g/mol. The van der Waals surface area contributed by atoms with E-state index in [1.807, 2.05) is 0 Å². The fourth-order valence-electron chi connectivity index (χ4n) is 3.44. The van der Waals surface area contributed by atoms with Gasteiger partial charge in [-0.25, -0.2) is 4.79 Å². The van der Waals surface area contributed by atoms with Gasteiger partial charge in [0.1, 0.15) is 5.76 Å². The molecule has 1 heterocycles. The summed E-state index contributed by atoms with van der Waals surface area (Å²) >= 11 is 12.6. The maximum atomic E-state index is 13.3. The lowest BCUT2D eigenvalue weighted by Gasteiger charge is -2.15. The van der Waals surface area contributed by atoms with Crippen LogP contribution in [-0.2, 0) is 4.74 Å². The number of halogens is 4. The largest absolute Gasteiger partial charge is 0.493 e. The number of aromatic nitrogens is 1. The SMILES string of the molecule is COc1ccc(/C(=C/c2c(Cl)cncc2Cl)OC(=O)c2ccc(OC(F)F)c(OCC3CC3)c2)cc1OC. The molecule has 3 aromatic rings. The molecule has 1 saturated carbocycles. The number of nitrogens with zero attached hydrogens (tertiary/aromatic N) is 1. The molecule has 0 spiro atoms. The molecule has 4 rings (SSSR count). The van der Waals surface area contributed by atoms with Crippen LogP contribution >= 0.6 is 23.2 Å². The Morgan fingerprint density at radius 2 is 1.61 bits per heavy atom. The molecule has 1 aliphatic carbocycles. The number of carbonyl (C=O) groups is 1. The van der Waals surface area contributed by atoms with Gasteiger partial charge in [-0.1, -0.05) is 23.2 Å². The molecule has 1 aromatic heterocycles. The first kappa shape index (κ1) is 27.5. The van der Waals surface area contributed by atoms with Gasteiger partial charge in [-0.3, -0.25) is 4.98 Å². The van der Waals surface area contributed by atoms with E-state index in [1.165, 1.54) is 50.9 Å². The monoisotopic (exact) mass is 565 g/mol.